The van der Waals surface area contributed by atoms with Crippen molar-refractivity contribution in [3.8, 4) is 0 Å². The summed E-state index contributed by atoms with van der Waals surface area (Å²) in [6.45, 7) is 7.94. The van der Waals surface area contributed by atoms with E-state index in [4.69, 9.17) is 23.7 Å². The van der Waals surface area contributed by atoms with Crippen LogP contribution in [0, 0.1) is 52.3 Å². The van der Waals surface area contributed by atoms with Gasteiger partial charge in [-0.3, -0.25) is 0 Å². The molecule has 0 unspecified atom stereocenters. The monoisotopic (exact) mass is 760 g/mol. The van der Waals surface area contributed by atoms with Crippen LogP contribution in [-0.4, -0.2) is 156 Å². The molecule has 3 heterocycles. The van der Waals surface area contributed by atoms with Crippen molar-refractivity contribution in [3.63, 3.8) is 0 Å². The summed E-state index contributed by atoms with van der Waals surface area (Å²) in [5.74, 6) is -0.575. The molecule has 7 fully saturated rings. The van der Waals surface area contributed by atoms with Gasteiger partial charge in [-0.25, -0.2) is 0 Å². The molecule has 3 saturated heterocycles. The van der Waals surface area contributed by atoms with Crippen molar-refractivity contribution >= 4 is 0 Å². The maximum absolute atomic E-state index is 12.0. The first-order chi connectivity index (χ1) is 25.0. The molecular formula is C38H64O15. The van der Waals surface area contributed by atoms with Gasteiger partial charge in [0.2, 0.25) is 0 Å². The number of aliphatic hydroxyl groups excluding tert-OH is 9. The highest BCUT2D eigenvalue weighted by Crippen LogP contribution is 2.71. The van der Waals surface area contributed by atoms with E-state index in [1.54, 1.807) is 0 Å². The summed E-state index contributed by atoms with van der Waals surface area (Å²) in [5.41, 5.74) is -0.644. The van der Waals surface area contributed by atoms with Crippen molar-refractivity contribution in [1.82, 2.24) is 0 Å². The highest BCUT2D eigenvalue weighted by molar-refractivity contribution is 5.17. The quantitative estimate of drug-likeness (QED) is 0.135. The minimum absolute atomic E-state index is 0.0645. The van der Waals surface area contributed by atoms with E-state index in [0.29, 0.717) is 31.1 Å². The van der Waals surface area contributed by atoms with Crippen LogP contribution < -0.4 is 0 Å². The molecular weight excluding hydrogens is 696 g/mol. The Bertz CT molecular complexity index is 1280. The molecule has 7 aliphatic rings. The fourth-order valence-electron chi connectivity index (χ4n) is 12.5. The van der Waals surface area contributed by atoms with E-state index in [-0.39, 0.29) is 54.3 Å². The highest BCUT2D eigenvalue weighted by atomic mass is 16.7. The first-order valence-electron chi connectivity index (χ1n) is 20.0. The van der Waals surface area contributed by atoms with Gasteiger partial charge in [-0.1, -0.05) is 27.7 Å². The summed E-state index contributed by atoms with van der Waals surface area (Å²) in [4.78, 5) is 0. The molecule has 0 spiro atoms. The first kappa shape index (κ1) is 40.6. The second kappa shape index (κ2) is 15.0. The highest BCUT2D eigenvalue weighted by Gasteiger charge is 2.70. The summed E-state index contributed by atoms with van der Waals surface area (Å²) in [5, 5.41) is 105. The zero-order valence-corrected chi connectivity index (χ0v) is 31.3. The van der Waals surface area contributed by atoms with E-state index in [9.17, 15) is 51.1 Å². The standard InChI is InChI=1S/C38H64O15/c1-16(14-49-34-32(47)30(45)29(44)25(13-39)51-34)7-10-38(48)17(2)26-24(53-38)12-21-19-6-5-18-11-22(40)28(43)33(37(18,4)20(19)8-9-36(21,26)3)52-35-31(46)27(42)23(41)15-50-35/h16-35,39-48H,5-15H2,1-4H3/t16-,17+,18-,19-,20+,21+,22+,23+,24+,25-,26+,27+,28-,29-,30+,31-,32-,33-,34-,35+,36+,37+,38-/m1/s1. The predicted octanol–water partition coefficient (Wildman–Crippen LogP) is -1.02. The van der Waals surface area contributed by atoms with Crippen LogP contribution in [-0.2, 0) is 23.7 Å². The minimum Gasteiger partial charge on any atom is -0.394 e. The van der Waals surface area contributed by atoms with Gasteiger partial charge in [-0.05, 0) is 85.9 Å². The van der Waals surface area contributed by atoms with Crippen molar-refractivity contribution in [1.29, 1.82) is 0 Å². The van der Waals surface area contributed by atoms with E-state index in [1.165, 1.54) is 0 Å². The Morgan fingerprint density at radius 2 is 1.53 bits per heavy atom. The van der Waals surface area contributed by atoms with Gasteiger partial charge in [0.1, 0.15) is 48.8 Å². The number of fused-ring (bicyclic) bond motifs is 7. The third kappa shape index (κ3) is 6.64. The molecule has 4 aliphatic carbocycles. The molecule has 0 bridgehead atoms. The number of ether oxygens (including phenoxy) is 5. The number of hydrogen-bond acceptors (Lipinski definition) is 15. The lowest BCUT2D eigenvalue weighted by Crippen LogP contribution is -2.66. The number of rotatable bonds is 9. The molecule has 306 valence electrons. The number of aliphatic hydroxyl groups is 10. The smallest absolute Gasteiger partial charge is 0.186 e. The average Bonchev–Trinajstić information content (AvgIpc) is 3.56. The van der Waals surface area contributed by atoms with Gasteiger partial charge >= 0.3 is 0 Å². The predicted molar refractivity (Wildman–Crippen MR) is 183 cm³/mol. The summed E-state index contributed by atoms with van der Waals surface area (Å²) in [6, 6.07) is 0. The molecule has 23 atom stereocenters. The SMILES string of the molecule is C[C@H](CC[C@@]1(O)O[C@H]2C[C@H]3[C@@H]4CC[C@@H]5C[C@H](O)[C@@H](O)[C@@H](O[C@@H]6OC[C@H](O)[C@H](O)[C@H]6O)[C@]5(C)[C@H]4CC[C@]3(C)[C@H]2[C@@H]1C)CO[C@@H]1O[C@H](CO)[C@@H](O)[C@H](O)[C@H]1O. The van der Waals surface area contributed by atoms with Crippen LogP contribution in [0.3, 0.4) is 0 Å². The molecule has 0 amide bonds. The number of hydrogen-bond donors (Lipinski definition) is 10. The van der Waals surface area contributed by atoms with Crippen molar-refractivity contribution in [2.45, 2.75) is 165 Å². The van der Waals surface area contributed by atoms with Crippen LogP contribution in [0.1, 0.15) is 79.1 Å². The van der Waals surface area contributed by atoms with E-state index >= 15 is 0 Å². The van der Waals surface area contributed by atoms with Crippen LogP contribution in [0.2, 0.25) is 0 Å². The molecule has 0 radical (unpaired) electrons. The normalized spacial score (nSPS) is 57.3. The zero-order chi connectivity index (χ0) is 38.4. The molecule has 0 aromatic rings. The Morgan fingerprint density at radius 3 is 2.25 bits per heavy atom. The van der Waals surface area contributed by atoms with Gasteiger partial charge in [0.15, 0.2) is 18.4 Å². The van der Waals surface area contributed by atoms with Crippen molar-refractivity contribution in [3.05, 3.63) is 0 Å². The fourth-order valence-corrected chi connectivity index (χ4v) is 12.5. The Morgan fingerprint density at radius 1 is 0.811 bits per heavy atom. The average molecular weight is 761 g/mol. The van der Waals surface area contributed by atoms with E-state index in [0.717, 1.165) is 32.1 Å². The summed E-state index contributed by atoms with van der Waals surface area (Å²) in [7, 11) is 0. The van der Waals surface area contributed by atoms with Crippen LogP contribution in [0.25, 0.3) is 0 Å². The van der Waals surface area contributed by atoms with E-state index in [2.05, 4.69) is 20.8 Å². The maximum Gasteiger partial charge on any atom is 0.186 e. The lowest BCUT2D eigenvalue weighted by Gasteiger charge is -2.64. The van der Waals surface area contributed by atoms with Gasteiger partial charge in [0.05, 0.1) is 38.1 Å². The van der Waals surface area contributed by atoms with E-state index in [1.807, 2.05) is 6.92 Å². The molecule has 10 N–H and O–H groups in total. The molecule has 53 heavy (non-hydrogen) atoms. The van der Waals surface area contributed by atoms with E-state index < -0.39 is 91.4 Å². The molecule has 0 aromatic heterocycles. The van der Waals surface area contributed by atoms with Crippen LogP contribution in [0.5, 0.6) is 0 Å². The third-order valence-electron chi connectivity index (χ3n) is 15.6. The third-order valence-corrected chi connectivity index (χ3v) is 15.6. The van der Waals surface area contributed by atoms with Gasteiger partial charge in [-0.2, -0.15) is 0 Å². The second-order valence-electron chi connectivity index (χ2n) is 18.4. The van der Waals surface area contributed by atoms with Crippen molar-refractivity contribution in [2.24, 2.45) is 52.3 Å². The second-order valence-corrected chi connectivity index (χ2v) is 18.4. The molecule has 7 rings (SSSR count). The Balaban J connectivity index is 1.01. The molecule has 0 aromatic carbocycles. The van der Waals surface area contributed by atoms with Crippen molar-refractivity contribution in [2.75, 3.05) is 19.8 Å². The molecule has 3 aliphatic heterocycles. The molecule has 15 nitrogen and oxygen atoms in total. The van der Waals surface area contributed by atoms with Crippen LogP contribution in [0.15, 0.2) is 0 Å². The van der Waals surface area contributed by atoms with Gasteiger partial charge in [-0.15, -0.1) is 0 Å². The van der Waals surface area contributed by atoms with Crippen molar-refractivity contribution < 1.29 is 74.7 Å². The molecule has 4 saturated carbocycles. The van der Waals surface area contributed by atoms with Crippen LogP contribution in [0.4, 0.5) is 0 Å². The summed E-state index contributed by atoms with van der Waals surface area (Å²) in [6.07, 6.45) is -9.60. The Hall–Kier alpha value is -0.600. The minimum atomic E-state index is -1.51. The van der Waals surface area contributed by atoms with Gasteiger partial charge in [0, 0.05) is 17.8 Å². The Labute approximate surface area is 311 Å². The van der Waals surface area contributed by atoms with Gasteiger partial charge in [0.25, 0.3) is 0 Å². The first-order valence-corrected chi connectivity index (χ1v) is 20.0. The van der Waals surface area contributed by atoms with Gasteiger partial charge < -0.3 is 74.7 Å². The summed E-state index contributed by atoms with van der Waals surface area (Å²) >= 11 is 0. The lowest BCUT2D eigenvalue weighted by atomic mass is 9.43. The topological polar surface area (TPSA) is 248 Å². The summed E-state index contributed by atoms with van der Waals surface area (Å²) < 4.78 is 29.9. The molecule has 15 heteroatoms. The Kier molecular flexibility index (Phi) is 11.5. The largest absolute Gasteiger partial charge is 0.394 e. The zero-order valence-electron chi connectivity index (χ0n) is 31.3. The van der Waals surface area contributed by atoms with Crippen LogP contribution >= 0.6 is 0 Å². The maximum atomic E-state index is 12.0. The lowest BCUT2D eigenvalue weighted by molar-refractivity contribution is -0.328. The fraction of sp³-hybridized carbons (Fsp3) is 1.00.